The van der Waals surface area contributed by atoms with Crippen LogP contribution < -0.4 is 10.6 Å². The van der Waals surface area contributed by atoms with Crippen LogP contribution in [0.4, 0.5) is 0 Å². The molecule has 0 bridgehead atoms. The van der Waals surface area contributed by atoms with Gasteiger partial charge in [-0.25, -0.2) is 0 Å². The van der Waals surface area contributed by atoms with E-state index < -0.39 is 0 Å². The summed E-state index contributed by atoms with van der Waals surface area (Å²) >= 11 is 1.91. The van der Waals surface area contributed by atoms with Crippen LogP contribution in [0.25, 0.3) is 0 Å². The van der Waals surface area contributed by atoms with Gasteiger partial charge in [0.05, 0.1) is 12.6 Å². The average molecular weight is 337 g/mol. The van der Waals surface area contributed by atoms with E-state index in [1.807, 2.05) is 11.8 Å². The maximum atomic E-state index is 4.78. The van der Waals surface area contributed by atoms with Gasteiger partial charge in [0.1, 0.15) is 0 Å². The van der Waals surface area contributed by atoms with Crippen LogP contribution in [-0.4, -0.2) is 56.6 Å². The number of aliphatic imine (C=N–C) groups is 1. The van der Waals surface area contributed by atoms with Gasteiger partial charge in [0.25, 0.3) is 0 Å². The van der Waals surface area contributed by atoms with E-state index in [1.54, 1.807) is 0 Å². The minimum Gasteiger partial charge on any atom is -0.357 e. The van der Waals surface area contributed by atoms with Gasteiger partial charge in [-0.1, -0.05) is 30.3 Å². The Morgan fingerprint density at radius 2 is 1.91 bits per heavy atom. The maximum absolute atomic E-state index is 4.78. The number of nitrogens with one attached hydrogen (secondary N) is 2. The van der Waals surface area contributed by atoms with Gasteiger partial charge in [0.15, 0.2) is 5.96 Å². The molecule has 0 aromatic heterocycles. The zero-order valence-electron chi connectivity index (χ0n) is 15.0. The molecule has 23 heavy (non-hydrogen) atoms. The Bertz CT molecular complexity index is 434. The molecule has 1 rings (SSSR count). The van der Waals surface area contributed by atoms with Crippen molar-refractivity contribution in [1.82, 2.24) is 15.5 Å². The molecule has 130 valence electrons. The predicted molar refractivity (Wildman–Crippen MR) is 104 cm³/mol. The predicted octanol–water partition coefficient (Wildman–Crippen LogP) is 2.99. The Kier molecular flexibility index (Phi) is 10.6. The van der Waals surface area contributed by atoms with Crippen LogP contribution in [0.1, 0.15) is 31.4 Å². The molecule has 0 aliphatic carbocycles. The molecule has 0 aliphatic heterocycles. The summed E-state index contributed by atoms with van der Waals surface area (Å²) in [6.45, 7) is 4.71. The van der Waals surface area contributed by atoms with Gasteiger partial charge in [-0.3, -0.25) is 4.99 Å². The van der Waals surface area contributed by atoms with E-state index in [1.165, 1.54) is 24.2 Å². The molecule has 0 heterocycles. The van der Waals surface area contributed by atoms with Gasteiger partial charge in [-0.05, 0) is 51.4 Å². The number of rotatable bonds is 10. The van der Waals surface area contributed by atoms with E-state index in [2.05, 4.69) is 73.1 Å². The number of thioether (sulfide) groups is 1. The molecule has 0 saturated carbocycles. The van der Waals surface area contributed by atoms with E-state index in [-0.39, 0.29) is 0 Å². The van der Waals surface area contributed by atoms with Gasteiger partial charge in [-0.2, -0.15) is 11.8 Å². The molecule has 1 unspecified atom stereocenters. The molecule has 1 atom stereocenters. The molecule has 4 nitrogen and oxygen atoms in total. The van der Waals surface area contributed by atoms with Crippen LogP contribution in [-0.2, 0) is 0 Å². The molecule has 1 aromatic rings. The average Bonchev–Trinajstić information content (AvgIpc) is 2.55. The summed E-state index contributed by atoms with van der Waals surface area (Å²) in [4.78, 5) is 7.00. The summed E-state index contributed by atoms with van der Waals surface area (Å²) in [6.07, 6.45) is 4.59. The van der Waals surface area contributed by atoms with Crippen LogP contribution in [0, 0.1) is 0 Å². The lowest BCUT2D eigenvalue weighted by Crippen LogP contribution is -2.38. The molecule has 2 N–H and O–H groups in total. The van der Waals surface area contributed by atoms with Crippen LogP contribution >= 0.6 is 11.8 Å². The normalized spacial score (nSPS) is 13.2. The Morgan fingerprint density at radius 1 is 1.17 bits per heavy atom. The highest BCUT2D eigenvalue weighted by molar-refractivity contribution is 7.98. The highest BCUT2D eigenvalue weighted by atomic mass is 32.2. The molecule has 0 aliphatic rings. The number of unbranched alkanes of at least 4 members (excludes halogenated alkanes) is 1. The Labute approximate surface area is 146 Å². The number of guanidine groups is 1. The van der Waals surface area contributed by atoms with Crippen molar-refractivity contribution in [3.05, 3.63) is 35.9 Å². The Hall–Kier alpha value is -1.20. The molecule has 1 aromatic carbocycles. The Balaban J connectivity index is 2.58. The van der Waals surface area contributed by atoms with Crippen molar-refractivity contribution in [2.45, 2.75) is 25.8 Å². The van der Waals surface area contributed by atoms with E-state index >= 15 is 0 Å². The standard InChI is InChI=1S/C18H32N4S/c1-5-19-18(20-13-9-10-14-23-4)21-15-17(22(2)3)16-11-7-6-8-12-16/h6-8,11-12,17H,5,9-10,13-15H2,1-4H3,(H2,19,20,21). The van der Waals surface area contributed by atoms with Crippen LogP contribution in [0.2, 0.25) is 0 Å². The van der Waals surface area contributed by atoms with Crippen LogP contribution in [0.15, 0.2) is 35.3 Å². The third-order valence-electron chi connectivity index (χ3n) is 3.64. The number of benzene rings is 1. The molecular weight excluding hydrogens is 304 g/mol. The first-order chi connectivity index (χ1) is 11.2. The van der Waals surface area contributed by atoms with E-state index in [0.717, 1.165) is 25.6 Å². The molecule has 5 heteroatoms. The molecule has 0 amide bonds. The number of nitrogens with zero attached hydrogens (tertiary/aromatic N) is 2. The van der Waals surface area contributed by atoms with Crippen molar-refractivity contribution < 1.29 is 0 Å². The van der Waals surface area contributed by atoms with E-state index in [4.69, 9.17) is 4.99 Å². The molecular formula is C18H32N4S. The lowest BCUT2D eigenvalue weighted by molar-refractivity contribution is 0.306. The summed E-state index contributed by atoms with van der Waals surface area (Å²) in [5.41, 5.74) is 1.30. The summed E-state index contributed by atoms with van der Waals surface area (Å²) in [7, 11) is 4.21. The van der Waals surface area contributed by atoms with Crippen LogP contribution in [0.3, 0.4) is 0 Å². The van der Waals surface area contributed by atoms with Crippen molar-refractivity contribution in [1.29, 1.82) is 0 Å². The van der Waals surface area contributed by atoms with E-state index in [0.29, 0.717) is 6.04 Å². The second-order valence-corrected chi connectivity index (χ2v) is 6.72. The highest BCUT2D eigenvalue weighted by Crippen LogP contribution is 2.17. The Morgan fingerprint density at radius 3 is 2.52 bits per heavy atom. The van der Waals surface area contributed by atoms with Gasteiger partial charge in [-0.15, -0.1) is 0 Å². The van der Waals surface area contributed by atoms with Crippen molar-refractivity contribution in [2.24, 2.45) is 4.99 Å². The van der Waals surface area contributed by atoms with Gasteiger partial charge in [0.2, 0.25) is 0 Å². The van der Waals surface area contributed by atoms with E-state index in [9.17, 15) is 0 Å². The topological polar surface area (TPSA) is 39.7 Å². The molecule has 0 fully saturated rings. The quantitative estimate of drug-likeness (QED) is 0.391. The largest absolute Gasteiger partial charge is 0.357 e. The summed E-state index contributed by atoms with van der Waals surface area (Å²) in [6, 6.07) is 10.9. The van der Waals surface area contributed by atoms with Gasteiger partial charge < -0.3 is 15.5 Å². The van der Waals surface area contributed by atoms with Crippen molar-refractivity contribution in [3.8, 4) is 0 Å². The number of likely N-dealkylation sites (N-methyl/N-ethyl adjacent to an activating group) is 1. The van der Waals surface area contributed by atoms with Crippen molar-refractivity contribution in [3.63, 3.8) is 0 Å². The third-order valence-corrected chi connectivity index (χ3v) is 4.34. The fourth-order valence-electron chi connectivity index (χ4n) is 2.34. The third kappa shape index (κ3) is 8.28. The van der Waals surface area contributed by atoms with Crippen molar-refractivity contribution in [2.75, 3.05) is 45.7 Å². The fourth-order valence-corrected chi connectivity index (χ4v) is 2.83. The smallest absolute Gasteiger partial charge is 0.191 e. The minimum atomic E-state index is 0.295. The first kappa shape index (κ1) is 19.8. The first-order valence-corrected chi connectivity index (χ1v) is 9.81. The lowest BCUT2D eigenvalue weighted by Gasteiger charge is -2.23. The zero-order chi connectivity index (χ0) is 16.9. The zero-order valence-corrected chi connectivity index (χ0v) is 15.8. The van der Waals surface area contributed by atoms with Crippen molar-refractivity contribution >= 4 is 17.7 Å². The first-order valence-electron chi connectivity index (χ1n) is 8.41. The summed E-state index contributed by atoms with van der Waals surface area (Å²) in [5, 5.41) is 6.77. The van der Waals surface area contributed by atoms with Crippen LogP contribution in [0.5, 0.6) is 0 Å². The lowest BCUT2D eigenvalue weighted by atomic mass is 10.1. The summed E-state index contributed by atoms with van der Waals surface area (Å²) < 4.78 is 0. The SMILES string of the molecule is CCNC(=NCC(c1ccccc1)N(C)C)NCCCCSC. The fraction of sp³-hybridized carbons (Fsp3) is 0.611. The highest BCUT2D eigenvalue weighted by Gasteiger charge is 2.13. The van der Waals surface area contributed by atoms with Gasteiger partial charge >= 0.3 is 0 Å². The monoisotopic (exact) mass is 336 g/mol. The number of hydrogen-bond acceptors (Lipinski definition) is 3. The number of hydrogen-bond donors (Lipinski definition) is 2. The maximum Gasteiger partial charge on any atom is 0.191 e. The molecule has 0 saturated heterocycles. The summed E-state index contributed by atoms with van der Waals surface area (Å²) in [5.74, 6) is 2.14. The second-order valence-electron chi connectivity index (χ2n) is 5.74. The van der Waals surface area contributed by atoms with Gasteiger partial charge in [0, 0.05) is 13.1 Å². The molecule has 0 spiro atoms. The molecule has 0 radical (unpaired) electrons. The minimum absolute atomic E-state index is 0.295. The second kappa shape index (κ2) is 12.3.